The predicted octanol–water partition coefficient (Wildman–Crippen LogP) is 6.41. The molecule has 1 unspecified atom stereocenters. The van der Waals surface area contributed by atoms with Gasteiger partial charge in [-0.25, -0.2) is 14.0 Å². The van der Waals surface area contributed by atoms with Crippen molar-refractivity contribution < 1.29 is 23.5 Å². The van der Waals surface area contributed by atoms with Gasteiger partial charge in [-0.3, -0.25) is 15.1 Å². The Kier molecular flexibility index (Phi) is 11.4. The standard InChI is InChI=1S/C31H39FN6O4/c1-31(2,3)42-30(41)37-26-15-7-6-14-25(26)35-28(39)27-17-16-21(20-33-27)24(13-8-9-18-38(4)5)36-29(40)34-23-12-10-11-22(32)19-23/h6-7,10-12,14-17,19-20,24H,8-9,13,18H2,1-5H3,(H,35,39)(H,37,41)(H2,34,36,40). The third kappa shape index (κ3) is 10.8. The molecule has 0 aliphatic carbocycles. The lowest BCUT2D eigenvalue weighted by atomic mass is 10.0. The van der Waals surface area contributed by atoms with Crippen LogP contribution in [0.4, 0.5) is 31.0 Å². The van der Waals surface area contributed by atoms with Crippen molar-refractivity contribution in [3.8, 4) is 0 Å². The number of hydrogen-bond acceptors (Lipinski definition) is 6. The molecule has 0 spiro atoms. The second-order valence-corrected chi connectivity index (χ2v) is 11.1. The molecule has 0 fully saturated rings. The van der Waals surface area contributed by atoms with E-state index in [0.717, 1.165) is 24.9 Å². The summed E-state index contributed by atoms with van der Waals surface area (Å²) in [5.41, 5.74) is 1.30. The molecule has 1 heterocycles. The minimum absolute atomic E-state index is 0.154. The zero-order chi connectivity index (χ0) is 30.7. The Morgan fingerprint density at radius 1 is 0.929 bits per heavy atom. The maximum absolute atomic E-state index is 13.6. The Hall–Kier alpha value is -4.51. The fourth-order valence-electron chi connectivity index (χ4n) is 4.04. The molecule has 1 atom stereocenters. The van der Waals surface area contributed by atoms with Gasteiger partial charge in [-0.1, -0.05) is 24.3 Å². The number of unbranched alkanes of at least 4 members (excludes halogenated alkanes) is 1. The largest absolute Gasteiger partial charge is 0.444 e. The van der Waals surface area contributed by atoms with Gasteiger partial charge in [0.1, 0.15) is 17.1 Å². The van der Waals surface area contributed by atoms with Crippen LogP contribution >= 0.6 is 0 Å². The lowest BCUT2D eigenvalue weighted by Gasteiger charge is -2.21. The van der Waals surface area contributed by atoms with Crippen molar-refractivity contribution in [2.75, 3.05) is 36.6 Å². The van der Waals surface area contributed by atoms with Crippen LogP contribution in [0.5, 0.6) is 0 Å². The first-order valence-electron chi connectivity index (χ1n) is 13.7. The van der Waals surface area contributed by atoms with E-state index in [1.807, 2.05) is 14.1 Å². The molecule has 2 aromatic carbocycles. The highest BCUT2D eigenvalue weighted by atomic mass is 19.1. The topological polar surface area (TPSA) is 125 Å². The number of amides is 4. The number of nitrogens with one attached hydrogen (secondary N) is 4. The molecule has 0 aliphatic heterocycles. The number of carbonyl (C=O) groups excluding carboxylic acids is 3. The van der Waals surface area contributed by atoms with Gasteiger partial charge in [-0.2, -0.15) is 0 Å². The minimum atomic E-state index is -0.673. The fourth-order valence-corrected chi connectivity index (χ4v) is 4.04. The maximum Gasteiger partial charge on any atom is 0.412 e. The van der Waals surface area contributed by atoms with Gasteiger partial charge in [-0.05, 0) is 103 Å². The van der Waals surface area contributed by atoms with Crippen molar-refractivity contribution >= 4 is 35.1 Å². The summed E-state index contributed by atoms with van der Waals surface area (Å²) in [5.74, 6) is -0.923. The number of urea groups is 1. The number of para-hydroxylation sites is 2. The van der Waals surface area contributed by atoms with Crippen LogP contribution in [-0.2, 0) is 4.74 Å². The minimum Gasteiger partial charge on any atom is -0.444 e. The molecule has 3 aromatic rings. The van der Waals surface area contributed by atoms with E-state index in [1.165, 1.54) is 18.2 Å². The summed E-state index contributed by atoms with van der Waals surface area (Å²) in [6.07, 6.45) is 3.33. The van der Waals surface area contributed by atoms with Crippen molar-refractivity contribution in [1.82, 2.24) is 15.2 Å². The van der Waals surface area contributed by atoms with Crippen LogP contribution in [-0.4, -0.2) is 54.2 Å². The van der Waals surface area contributed by atoms with Crippen LogP contribution in [0.1, 0.15) is 62.1 Å². The number of hydrogen-bond donors (Lipinski definition) is 4. The zero-order valence-corrected chi connectivity index (χ0v) is 24.7. The van der Waals surface area contributed by atoms with E-state index in [0.29, 0.717) is 23.5 Å². The molecule has 0 saturated heterocycles. The highest BCUT2D eigenvalue weighted by Gasteiger charge is 2.19. The summed E-state index contributed by atoms with van der Waals surface area (Å²) in [6, 6.07) is 14.9. The van der Waals surface area contributed by atoms with Crippen molar-refractivity contribution in [3.05, 3.63) is 83.9 Å². The zero-order valence-electron chi connectivity index (χ0n) is 24.7. The number of pyridine rings is 1. The summed E-state index contributed by atoms with van der Waals surface area (Å²) < 4.78 is 18.9. The Bertz CT molecular complexity index is 1360. The number of halogens is 1. The van der Waals surface area contributed by atoms with Gasteiger partial charge in [0, 0.05) is 11.9 Å². The first kappa shape index (κ1) is 32.0. The van der Waals surface area contributed by atoms with E-state index in [1.54, 1.807) is 69.4 Å². The second kappa shape index (κ2) is 14.9. The molecule has 0 radical (unpaired) electrons. The molecular formula is C31H39FN6O4. The normalized spacial score (nSPS) is 11.9. The average Bonchev–Trinajstić information content (AvgIpc) is 2.90. The Morgan fingerprint density at radius 3 is 2.26 bits per heavy atom. The van der Waals surface area contributed by atoms with E-state index >= 15 is 0 Å². The van der Waals surface area contributed by atoms with Crippen LogP contribution in [0, 0.1) is 5.82 Å². The molecule has 11 heteroatoms. The Morgan fingerprint density at radius 2 is 1.64 bits per heavy atom. The first-order valence-corrected chi connectivity index (χ1v) is 13.7. The Labute approximate surface area is 246 Å². The number of anilines is 3. The van der Waals surface area contributed by atoms with Crippen molar-refractivity contribution in [2.24, 2.45) is 0 Å². The number of rotatable bonds is 11. The number of aromatic nitrogens is 1. The molecule has 0 bridgehead atoms. The number of carbonyl (C=O) groups is 3. The van der Waals surface area contributed by atoms with Gasteiger partial charge in [0.2, 0.25) is 0 Å². The molecule has 0 saturated carbocycles. The molecule has 0 aliphatic rings. The Balaban J connectivity index is 1.70. The highest BCUT2D eigenvalue weighted by molar-refractivity contribution is 6.05. The van der Waals surface area contributed by atoms with E-state index in [9.17, 15) is 18.8 Å². The molecule has 224 valence electrons. The SMILES string of the molecule is CN(C)CCCCC(NC(=O)Nc1cccc(F)c1)c1ccc(C(=O)Nc2ccccc2NC(=O)OC(C)(C)C)nc1. The highest BCUT2D eigenvalue weighted by Crippen LogP contribution is 2.24. The fraction of sp³-hybridized carbons (Fsp3) is 0.355. The maximum atomic E-state index is 13.6. The molecule has 10 nitrogen and oxygen atoms in total. The van der Waals surface area contributed by atoms with Gasteiger partial charge < -0.3 is 25.6 Å². The van der Waals surface area contributed by atoms with Crippen LogP contribution in [0.25, 0.3) is 0 Å². The monoisotopic (exact) mass is 578 g/mol. The lowest BCUT2D eigenvalue weighted by molar-refractivity contribution is 0.0635. The third-order valence-electron chi connectivity index (χ3n) is 5.97. The number of ether oxygens (including phenoxy) is 1. The van der Waals surface area contributed by atoms with Crippen LogP contribution in [0.2, 0.25) is 0 Å². The molecule has 1 aromatic heterocycles. The van der Waals surface area contributed by atoms with Crippen molar-refractivity contribution in [3.63, 3.8) is 0 Å². The molecule has 4 N–H and O–H groups in total. The number of benzene rings is 2. The third-order valence-corrected chi connectivity index (χ3v) is 5.97. The van der Waals surface area contributed by atoms with Gasteiger partial charge in [-0.15, -0.1) is 0 Å². The summed E-state index contributed by atoms with van der Waals surface area (Å²) >= 11 is 0. The van der Waals surface area contributed by atoms with Crippen LogP contribution in [0.3, 0.4) is 0 Å². The summed E-state index contributed by atoms with van der Waals surface area (Å²) in [5, 5.41) is 11.0. The second-order valence-electron chi connectivity index (χ2n) is 11.1. The molecule has 3 rings (SSSR count). The molecular weight excluding hydrogens is 539 g/mol. The van der Waals surface area contributed by atoms with Crippen molar-refractivity contribution in [2.45, 2.75) is 51.7 Å². The van der Waals surface area contributed by atoms with Crippen LogP contribution in [0.15, 0.2) is 66.9 Å². The molecule has 4 amide bonds. The van der Waals surface area contributed by atoms with E-state index in [2.05, 4.69) is 31.2 Å². The van der Waals surface area contributed by atoms with Gasteiger partial charge in [0.05, 0.1) is 17.4 Å². The number of nitrogens with zero attached hydrogens (tertiary/aromatic N) is 2. The summed E-state index contributed by atoms with van der Waals surface area (Å²) in [4.78, 5) is 44.4. The summed E-state index contributed by atoms with van der Waals surface area (Å²) in [7, 11) is 4.00. The van der Waals surface area contributed by atoms with Gasteiger partial charge >= 0.3 is 12.1 Å². The van der Waals surface area contributed by atoms with Gasteiger partial charge in [0.25, 0.3) is 5.91 Å². The summed E-state index contributed by atoms with van der Waals surface area (Å²) in [6.45, 7) is 6.19. The quantitative estimate of drug-likeness (QED) is 0.195. The van der Waals surface area contributed by atoms with E-state index in [-0.39, 0.29) is 11.7 Å². The lowest BCUT2D eigenvalue weighted by Crippen LogP contribution is -2.33. The van der Waals surface area contributed by atoms with E-state index < -0.39 is 29.4 Å². The van der Waals surface area contributed by atoms with Gasteiger partial charge in [0.15, 0.2) is 0 Å². The smallest absolute Gasteiger partial charge is 0.412 e. The van der Waals surface area contributed by atoms with Crippen LogP contribution < -0.4 is 21.3 Å². The predicted molar refractivity (Wildman–Crippen MR) is 162 cm³/mol. The first-order chi connectivity index (χ1) is 19.9. The molecule has 42 heavy (non-hydrogen) atoms. The van der Waals surface area contributed by atoms with Crippen molar-refractivity contribution in [1.29, 1.82) is 0 Å². The van der Waals surface area contributed by atoms with E-state index in [4.69, 9.17) is 4.74 Å². The average molecular weight is 579 g/mol.